The molecule has 1 N–H and O–H groups in total. The Hall–Kier alpha value is -3.34. The fourth-order valence-electron chi connectivity index (χ4n) is 3.46. The molecule has 0 spiro atoms. The van der Waals surface area contributed by atoms with Crippen molar-refractivity contribution in [2.24, 2.45) is 0 Å². The van der Waals surface area contributed by atoms with E-state index in [0.29, 0.717) is 42.8 Å². The first-order valence-corrected chi connectivity index (χ1v) is 11.5. The zero-order chi connectivity index (χ0) is 24.1. The third-order valence-electron chi connectivity index (χ3n) is 5.28. The van der Waals surface area contributed by atoms with E-state index >= 15 is 0 Å². The molecule has 4 rings (SSSR count). The van der Waals surface area contributed by atoms with Crippen LogP contribution in [0.25, 0.3) is 12.2 Å². The molecule has 1 amide bonds. The minimum absolute atomic E-state index is 0.0816. The fourth-order valence-corrected chi connectivity index (χ4v) is 4.17. The molecule has 1 aliphatic rings. The van der Waals surface area contributed by atoms with Crippen molar-refractivity contribution in [2.75, 3.05) is 36.8 Å². The summed E-state index contributed by atoms with van der Waals surface area (Å²) >= 11 is 1.20. The number of piperazine rings is 1. The first-order chi connectivity index (χ1) is 16.3. The third-order valence-corrected chi connectivity index (χ3v) is 6.11. The number of alkyl halides is 3. The molecular formula is C23H21F4N5OS. The number of benzene rings is 2. The molecule has 11 heteroatoms. The van der Waals surface area contributed by atoms with Crippen LogP contribution in [0.2, 0.25) is 0 Å². The number of anilines is 1. The summed E-state index contributed by atoms with van der Waals surface area (Å²) in [6, 6.07) is 11.2. The van der Waals surface area contributed by atoms with Crippen LogP contribution in [0, 0.1) is 5.82 Å². The van der Waals surface area contributed by atoms with Gasteiger partial charge in [-0.15, -0.1) is 5.10 Å². The van der Waals surface area contributed by atoms with Gasteiger partial charge in [-0.3, -0.25) is 9.89 Å². The molecule has 6 nitrogen and oxygen atoms in total. The van der Waals surface area contributed by atoms with E-state index in [4.69, 9.17) is 0 Å². The van der Waals surface area contributed by atoms with Crippen molar-refractivity contribution in [3.63, 3.8) is 0 Å². The summed E-state index contributed by atoms with van der Waals surface area (Å²) in [6.45, 7) is 1.76. The summed E-state index contributed by atoms with van der Waals surface area (Å²) in [4.78, 5) is 20.4. The van der Waals surface area contributed by atoms with Gasteiger partial charge in [-0.25, -0.2) is 9.37 Å². The highest BCUT2D eigenvalue weighted by Gasteiger charge is 2.31. The number of nitrogens with zero attached hydrogens (tertiary/aromatic N) is 4. The summed E-state index contributed by atoms with van der Waals surface area (Å²) in [5, 5.41) is 7.29. The Morgan fingerprint density at radius 2 is 1.79 bits per heavy atom. The van der Waals surface area contributed by atoms with Crippen molar-refractivity contribution in [1.29, 1.82) is 0 Å². The third kappa shape index (κ3) is 6.16. The van der Waals surface area contributed by atoms with Crippen LogP contribution in [0.4, 0.5) is 23.2 Å². The molecule has 1 saturated heterocycles. The number of aromatic amines is 1. The molecule has 34 heavy (non-hydrogen) atoms. The minimum Gasteiger partial charge on any atom is -0.368 e. The van der Waals surface area contributed by atoms with Crippen LogP contribution in [0.15, 0.2) is 53.7 Å². The van der Waals surface area contributed by atoms with Crippen molar-refractivity contribution < 1.29 is 22.4 Å². The highest BCUT2D eigenvalue weighted by atomic mass is 32.2. The van der Waals surface area contributed by atoms with Gasteiger partial charge < -0.3 is 9.80 Å². The molecular weight excluding hydrogens is 470 g/mol. The Morgan fingerprint density at radius 3 is 2.50 bits per heavy atom. The molecule has 0 bridgehead atoms. The lowest BCUT2D eigenvalue weighted by molar-refractivity contribution is -0.137. The predicted molar refractivity (Wildman–Crippen MR) is 123 cm³/mol. The molecule has 0 radical (unpaired) electrons. The summed E-state index contributed by atoms with van der Waals surface area (Å²) in [5.41, 5.74) is 0.628. The number of hydrogen-bond acceptors (Lipinski definition) is 5. The molecule has 3 aromatic rings. The summed E-state index contributed by atoms with van der Waals surface area (Å²) in [7, 11) is 0. The number of amides is 1. The van der Waals surface area contributed by atoms with Crippen LogP contribution in [-0.2, 0) is 11.0 Å². The van der Waals surface area contributed by atoms with Gasteiger partial charge in [0.05, 0.1) is 11.3 Å². The van der Waals surface area contributed by atoms with E-state index in [1.807, 2.05) is 4.90 Å². The number of halogens is 4. The largest absolute Gasteiger partial charge is 0.416 e. The number of carbonyl (C=O) groups is 1. The average molecular weight is 492 g/mol. The number of aromatic nitrogens is 3. The molecule has 1 aromatic heterocycles. The van der Waals surface area contributed by atoms with Gasteiger partial charge >= 0.3 is 6.18 Å². The monoisotopic (exact) mass is 491 g/mol. The van der Waals surface area contributed by atoms with Gasteiger partial charge in [0.1, 0.15) is 11.6 Å². The quantitative estimate of drug-likeness (QED) is 0.404. The molecule has 0 aliphatic carbocycles. The molecule has 1 fully saturated rings. The molecule has 0 atom stereocenters. The maximum atomic E-state index is 13.0. The second kappa shape index (κ2) is 10.3. The lowest BCUT2D eigenvalue weighted by Crippen LogP contribution is -2.49. The second-order valence-corrected chi connectivity index (χ2v) is 8.54. The lowest BCUT2D eigenvalue weighted by Gasteiger charge is -2.36. The SMILES string of the molecule is O=C(CSc1n[nH]c(/C=C/c2ccc(F)cc2)n1)N1CCN(c2cccc(C(F)(F)F)c2)CC1. The zero-order valence-corrected chi connectivity index (χ0v) is 18.7. The van der Waals surface area contributed by atoms with Gasteiger partial charge in [0.2, 0.25) is 11.1 Å². The Morgan fingerprint density at radius 1 is 1.06 bits per heavy atom. The van der Waals surface area contributed by atoms with Gasteiger partial charge in [-0.2, -0.15) is 13.2 Å². The van der Waals surface area contributed by atoms with E-state index in [9.17, 15) is 22.4 Å². The van der Waals surface area contributed by atoms with Gasteiger partial charge in [0.15, 0.2) is 0 Å². The minimum atomic E-state index is -4.39. The van der Waals surface area contributed by atoms with Crippen molar-refractivity contribution in [1.82, 2.24) is 20.1 Å². The Labute approximate surface area is 197 Å². The standard InChI is InChI=1S/C23H21F4N5OS/c24-18-7-4-16(5-8-18)6-9-20-28-22(30-29-20)34-15-21(33)32-12-10-31(11-13-32)19-3-1-2-17(14-19)23(25,26)27/h1-9,14H,10-13,15H2,(H,28,29,30)/b9-6+. The molecule has 0 saturated carbocycles. The van der Waals surface area contributed by atoms with Crippen molar-refractivity contribution in [2.45, 2.75) is 11.3 Å². The number of thioether (sulfide) groups is 1. The van der Waals surface area contributed by atoms with E-state index in [1.54, 1.807) is 35.3 Å². The molecule has 2 heterocycles. The van der Waals surface area contributed by atoms with Crippen LogP contribution >= 0.6 is 11.8 Å². The zero-order valence-electron chi connectivity index (χ0n) is 17.9. The van der Waals surface area contributed by atoms with Crippen molar-refractivity contribution in [3.05, 3.63) is 71.3 Å². The highest BCUT2D eigenvalue weighted by molar-refractivity contribution is 7.99. The van der Waals surface area contributed by atoms with Crippen LogP contribution < -0.4 is 4.90 Å². The molecule has 0 unspecified atom stereocenters. The lowest BCUT2D eigenvalue weighted by atomic mass is 10.1. The van der Waals surface area contributed by atoms with E-state index in [-0.39, 0.29) is 17.5 Å². The van der Waals surface area contributed by atoms with Crippen LogP contribution in [0.3, 0.4) is 0 Å². The van der Waals surface area contributed by atoms with Gasteiger partial charge in [0, 0.05) is 31.9 Å². The van der Waals surface area contributed by atoms with Crippen LogP contribution in [0.1, 0.15) is 17.0 Å². The maximum Gasteiger partial charge on any atom is 0.416 e. The highest BCUT2D eigenvalue weighted by Crippen LogP contribution is 2.32. The number of hydrogen-bond donors (Lipinski definition) is 1. The Kier molecular flexibility index (Phi) is 7.20. The number of H-pyrrole nitrogens is 1. The molecule has 2 aromatic carbocycles. The smallest absolute Gasteiger partial charge is 0.368 e. The second-order valence-electron chi connectivity index (χ2n) is 7.59. The number of carbonyl (C=O) groups excluding carboxylic acids is 1. The van der Waals surface area contributed by atoms with Crippen LogP contribution in [-0.4, -0.2) is 57.9 Å². The van der Waals surface area contributed by atoms with E-state index in [0.717, 1.165) is 17.7 Å². The summed E-state index contributed by atoms with van der Waals surface area (Å²) in [5.74, 6) is 0.274. The van der Waals surface area contributed by atoms with Crippen molar-refractivity contribution in [3.8, 4) is 0 Å². The Balaban J connectivity index is 1.25. The topological polar surface area (TPSA) is 65.1 Å². The molecule has 1 aliphatic heterocycles. The predicted octanol–water partition coefficient (Wildman–Crippen LogP) is 4.57. The normalized spacial score (nSPS) is 14.7. The van der Waals surface area contributed by atoms with Gasteiger partial charge in [-0.1, -0.05) is 36.0 Å². The first kappa shape index (κ1) is 23.8. The van der Waals surface area contributed by atoms with Gasteiger partial charge in [0.25, 0.3) is 0 Å². The summed E-state index contributed by atoms with van der Waals surface area (Å²) in [6.07, 6.45) is -0.912. The van der Waals surface area contributed by atoms with Gasteiger partial charge in [-0.05, 0) is 42.0 Å². The maximum absolute atomic E-state index is 13.0. The summed E-state index contributed by atoms with van der Waals surface area (Å²) < 4.78 is 51.8. The van der Waals surface area contributed by atoms with E-state index < -0.39 is 11.7 Å². The van der Waals surface area contributed by atoms with Crippen molar-refractivity contribution >= 4 is 35.5 Å². The number of nitrogens with one attached hydrogen (secondary N) is 1. The van der Waals surface area contributed by atoms with E-state index in [1.165, 1.54) is 30.0 Å². The Bertz CT molecular complexity index is 1150. The first-order valence-electron chi connectivity index (χ1n) is 10.5. The average Bonchev–Trinajstić information content (AvgIpc) is 3.30. The van der Waals surface area contributed by atoms with Crippen LogP contribution in [0.5, 0.6) is 0 Å². The fraction of sp³-hybridized carbons (Fsp3) is 0.261. The molecule has 178 valence electrons. The number of rotatable bonds is 6. The van der Waals surface area contributed by atoms with E-state index in [2.05, 4.69) is 15.2 Å².